The SMILES string of the molecule is CC.CC.CC(C)[C@]12O[C@H]1[C@@H]1O[C@]13[C@]1(O[C@H]1CC1C4=C(CC[C@@]13C)C(=O)OC4)[C@@H]2O. The number of esters is 1. The fourth-order valence-corrected chi connectivity index (χ4v) is 7.70. The van der Waals surface area contributed by atoms with Gasteiger partial charge < -0.3 is 24.1 Å². The summed E-state index contributed by atoms with van der Waals surface area (Å²) in [5.74, 6) is 0.297. The number of fused-ring (bicyclic) bond motifs is 4. The van der Waals surface area contributed by atoms with Crippen molar-refractivity contribution >= 4 is 5.97 Å². The van der Waals surface area contributed by atoms with Crippen LogP contribution in [0.3, 0.4) is 0 Å². The molecule has 4 heterocycles. The number of hydrogen-bond donors (Lipinski definition) is 1. The zero-order valence-corrected chi connectivity index (χ0v) is 19.3. The highest BCUT2D eigenvalue weighted by atomic mass is 16.7. The van der Waals surface area contributed by atoms with Gasteiger partial charge in [-0.15, -0.1) is 0 Å². The number of carbonyl (C=O) groups is 1. The van der Waals surface area contributed by atoms with Crippen molar-refractivity contribution in [3.05, 3.63) is 11.1 Å². The average Bonchev–Trinajstić information content (AvgIpc) is 3.65. The van der Waals surface area contributed by atoms with Gasteiger partial charge in [-0.05, 0) is 36.7 Å². The summed E-state index contributed by atoms with van der Waals surface area (Å²) in [6.07, 6.45) is 1.71. The molecule has 0 radical (unpaired) electrons. The Labute approximate surface area is 179 Å². The van der Waals surface area contributed by atoms with Crippen LogP contribution in [-0.2, 0) is 23.7 Å². The van der Waals surface area contributed by atoms with E-state index in [0.717, 1.165) is 30.4 Å². The van der Waals surface area contributed by atoms with Crippen LogP contribution >= 0.6 is 0 Å². The van der Waals surface area contributed by atoms with Gasteiger partial charge in [0.25, 0.3) is 0 Å². The number of epoxide rings is 3. The second kappa shape index (κ2) is 6.09. The predicted molar refractivity (Wildman–Crippen MR) is 110 cm³/mol. The normalized spacial score (nSPS) is 55.1. The molecule has 3 saturated heterocycles. The van der Waals surface area contributed by atoms with E-state index in [-0.39, 0.29) is 41.5 Å². The van der Waals surface area contributed by atoms with E-state index in [1.54, 1.807) is 0 Å². The first-order chi connectivity index (χ1) is 14.3. The molecule has 168 valence electrons. The predicted octanol–water partition coefficient (Wildman–Crippen LogP) is 3.16. The van der Waals surface area contributed by atoms with Gasteiger partial charge in [0.2, 0.25) is 0 Å². The van der Waals surface area contributed by atoms with Crippen molar-refractivity contribution < 1.29 is 28.8 Å². The van der Waals surface area contributed by atoms with Crippen molar-refractivity contribution in [1.29, 1.82) is 0 Å². The number of hydrogen-bond acceptors (Lipinski definition) is 6. The molecule has 0 aromatic carbocycles. The molecule has 7 rings (SSSR count). The lowest BCUT2D eigenvalue weighted by molar-refractivity contribution is -0.136. The molecule has 6 nitrogen and oxygen atoms in total. The Morgan fingerprint density at radius 3 is 2.43 bits per heavy atom. The maximum atomic E-state index is 12.1. The number of aliphatic hydroxyl groups is 1. The number of cyclic esters (lactones) is 1. The summed E-state index contributed by atoms with van der Waals surface area (Å²) in [7, 11) is 0. The number of aliphatic hydroxyl groups excluding tert-OH is 1. The monoisotopic (exact) mass is 420 g/mol. The van der Waals surface area contributed by atoms with E-state index in [9.17, 15) is 9.90 Å². The van der Waals surface area contributed by atoms with Crippen molar-refractivity contribution in [2.45, 2.75) is 109 Å². The third kappa shape index (κ3) is 1.87. The van der Waals surface area contributed by atoms with Crippen LogP contribution in [0.25, 0.3) is 0 Å². The molecule has 2 spiro atoms. The van der Waals surface area contributed by atoms with Gasteiger partial charge in [0.15, 0.2) is 5.60 Å². The Kier molecular flexibility index (Phi) is 4.25. The van der Waals surface area contributed by atoms with E-state index in [0.29, 0.717) is 6.61 Å². The first-order valence-corrected chi connectivity index (χ1v) is 11.9. The zero-order valence-electron chi connectivity index (χ0n) is 19.3. The summed E-state index contributed by atoms with van der Waals surface area (Å²) >= 11 is 0. The third-order valence-electron chi connectivity index (χ3n) is 9.10. The molecule has 1 unspecified atom stereocenters. The van der Waals surface area contributed by atoms with E-state index in [4.69, 9.17) is 18.9 Å². The summed E-state index contributed by atoms with van der Waals surface area (Å²) in [6, 6.07) is 0. The fraction of sp³-hybridized carbons (Fsp3) is 0.875. The zero-order chi connectivity index (χ0) is 21.9. The molecule has 2 saturated carbocycles. The van der Waals surface area contributed by atoms with Crippen molar-refractivity contribution in [2.24, 2.45) is 17.3 Å². The van der Waals surface area contributed by atoms with Gasteiger partial charge in [-0.1, -0.05) is 48.5 Å². The smallest absolute Gasteiger partial charge is 0.334 e. The molecule has 5 fully saturated rings. The first kappa shape index (κ1) is 20.9. The van der Waals surface area contributed by atoms with E-state index in [2.05, 4.69) is 20.8 Å². The molecule has 0 aromatic heterocycles. The standard InChI is InChI=1S/C20H24O6.2C2H6/c1-8(2)18-13(25-18)14-20(26-14)17(3)5-4-9-10(7-23-15(9)21)11(17)6-12-19(20,24-12)16(18)22;2*1-2/h8,11-14,16,22H,4-7H2,1-3H3;2*1-2H3/t11?,12-,13-,14-,16+,17-,18-,19+,20+;;/m0../s1. The van der Waals surface area contributed by atoms with Crippen LogP contribution in [0, 0.1) is 17.3 Å². The van der Waals surface area contributed by atoms with E-state index in [1.807, 2.05) is 27.7 Å². The molecule has 1 N–H and O–H groups in total. The molecule has 30 heavy (non-hydrogen) atoms. The highest BCUT2D eigenvalue weighted by Crippen LogP contribution is 2.82. The number of carbonyl (C=O) groups excluding carboxylic acids is 1. The highest BCUT2D eigenvalue weighted by Gasteiger charge is 3.00. The Balaban J connectivity index is 0.000000457. The molecule has 4 aliphatic heterocycles. The maximum absolute atomic E-state index is 12.1. The minimum Gasteiger partial charge on any atom is -0.458 e. The van der Waals surface area contributed by atoms with Gasteiger partial charge in [-0.25, -0.2) is 4.79 Å². The van der Waals surface area contributed by atoms with Gasteiger partial charge >= 0.3 is 5.97 Å². The lowest BCUT2D eigenvalue weighted by atomic mass is 9.46. The summed E-state index contributed by atoms with van der Waals surface area (Å²) in [4.78, 5) is 12.1. The van der Waals surface area contributed by atoms with Crippen LogP contribution in [-0.4, -0.2) is 58.9 Å². The second-order valence-electron chi connectivity index (χ2n) is 9.91. The van der Waals surface area contributed by atoms with Crippen LogP contribution in [0.4, 0.5) is 0 Å². The molecule has 0 bridgehead atoms. The van der Waals surface area contributed by atoms with E-state index < -0.39 is 22.9 Å². The topological polar surface area (TPSA) is 84.1 Å². The summed E-state index contributed by atoms with van der Waals surface area (Å²) < 4.78 is 24.3. The van der Waals surface area contributed by atoms with Crippen LogP contribution in [0.2, 0.25) is 0 Å². The van der Waals surface area contributed by atoms with Crippen LogP contribution < -0.4 is 0 Å². The first-order valence-electron chi connectivity index (χ1n) is 11.9. The molecular formula is C24H36O6. The fourth-order valence-electron chi connectivity index (χ4n) is 7.70. The lowest BCUT2D eigenvalue weighted by Gasteiger charge is -2.53. The average molecular weight is 421 g/mol. The molecule has 0 aromatic rings. The van der Waals surface area contributed by atoms with Crippen LogP contribution in [0.15, 0.2) is 11.1 Å². The molecule has 3 aliphatic carbocycles. The molecule has 6 heteroatoms. The molecular weight excluding hydrogens is 384 g/mol. The third-order valence-corrected chi connectivity index (χ3v) is 9.10. The molecule has 9 atom stereocenters. The van der Waals surface area contributed by atoms with Crippen molar-refractivity contribution in [3.8, 4) is 0 Å². The summed E-state index contributed by atoms with van der Waals surface area (Å²) in [5.41, 5.74) is 0.230. The van der Waals surface area contributed by atoms with Crippen LogP contribution in [0.1, 0.15) is 67.7 Å². The number of ether oxygens (including phenoxy) is 4. The van der Waals surface area contributed by atoms with Gasteiger partial charge in [-0.3, -0.25) is 0 Å². The quantitative estimate of drug-likeness (QED) is 0.518. The highest BCUT2D eigenvalue weighted by molar-refractivity contribution is 5.92. The Bertz CT molecular complexity index is 821. The second-order valence-corrected chi connectivity index (χ2v) is 9.91. The Morgan fingerprint density at radius 2 is 1.77 bits per heavy atom. The summed E-state index contributed by atoms with van der Waals surface area (Å²) in [5, 5.41) is 11.4. The van der Waals surface area contributed by atoms with Gasteiger partial charge in [0, 0.05) is 11.0 Å². The van der Waals surface area contributed by atoms with Crippen molar-refractivity contribution in [3.63, 3.8) is 0 Å². The molecule has 0 amide bonds. The largest absolute Gasteiger partial charge is 0.458 e. The van der Waals surface area contributed by atoms with Gasteiger partial charge in [-0.2, -0.15) is 0 Å². The van der Waals surface area contributed by atoms with E-state index in [1.165, 1.54) is 0 Å². The van der Waals surface area contributed by atoms with Crippen LogP contribution in [0.5, 0.6) is 0 Å². The van der Waals surface area contributed by atoms with Gasteiger partial charge in [0.05, 0.1) is 6.10 Å². The minimum atomic E-state index is -0.654. The van der Waals surface area contributed by atoms with Crippen molar-refractivity contribution in [2.75, 3.05) is 6.61 Å². The minimum absolute atomic E-state index is 0.00808. The Hall–Kier alpha value is -0.950. The lowest BCUT2D eigenvalue weighted by Crippen LogP contribution is -2.69. The van der Waals surface area contributed by atoms with E-state index >= 15 is 0 Å². The maximum Gasteiger partial charge on any atom is 0.334 e. The molecule has 7 aliphatic rings. The van der Waals surface area contributed by atoms with Gasteiger partial charge in [0.1, 0.15) is 36.1 Å². The summed E-state index contributed by atoms with van der Waals surface area (Å²) in [6.45, 7) is 14.9. The number of rotatable bonds is 1. The Morgan fingerprint density at radius 1 is 1.07 bits per heavy atom. The van der Waals surface area contributed by atoms with Crippen molar-refractivity contribution in [1.82, 2.24) is 0 Å².